The van der Waals surface area contributed by atoms with Gasteiger partial charge in [-0.3, -0.25) is 0 Å². The van der Waals surface area contributed by atoms with Crippen molar-refractivity contribution < 1.29 is 27.5 Å². The van der Waals surface area contributed by atoms with Gasteiger partial charge < -0.3 is 5.11 Å². The molecule has 0 aliphatic heterocycles. The fourth-order valence-corrected chi connectivity index (χ4v) is 1.57. The van der Waals surface area contributed by atoms with Gasteiger partial charge in [-0.15, -0.1) is 0 Å². The molecule has 0 aliphatic carbocycles. The van der Waals surface area contributed by atoms with Gasteiger partial charge in [0.15, 0.2) is 11.6 Å². The third-order valence-corrected chi connectivity index (χ3v) is 2.43. The molecule has 0 atom stereocenters. The first-order chi connectivity index (χ1) is 9.29. The number of aromatic nitrogens is 2. The highest BCUT2D eigenvalue weighted by atomic mass is 19.4. The molecule has 0 fully saturated rings. The SMILES string of the molecule is O=C(O)c1cc(-c2ncc(F)cn2)ccc1C(F)(F)F. The van der Waals surface area contributed by atoms with Crippen molar-refractivity contribution in [1.29, 1.82) is 0 Å². The molecule has 8 heteroatoms. The van der Waals surface area contributed by atoms with E-state index < -0.39 is 29.1 Å². The number of rotatable bonds is 2. The third kappa shape index (κ3) is 2.73. The molecule has 0 aliphatic rings. The molecule has 0 radical (unpaired) electrons. The quantitative estimate of drug-likeness (QED) is 0.862. The molecule has 20 heavy (non-hydrogen) atoms. The topological polar surface area (TPSA) is 63.1 Å². The maximum atomic E-state index is 12.7. The monoisotopic (exact) mass is 286 g/mol. The van der Waals surface area contributed by atoms with Crippen LogP contribution in [0.3, 0.4) is 0 Å². The Morgan fingerprint density at radius 2 is 1.75 bits per heavy atom. The van der Waals surface area contributed by atoms with Crippen LogP contribution in [0, 0.1) is 5.82 Å². The van der Waals surface area contributed by atoms with Gasteiger partial charge in [-0.2, -0.15) is 13.2 Å². The van der Waals surface area contributed by atoms with Crippen molar-refractivity contribution >= 4 is 5.97 Å². The molecule has 4 nitrogen and oxygen atoms in total. The Morgan fingerprint density at radius 3 is 2.25 bits per heavy atom. The highest BCUT2D eigenvalue weighted by Crippen LogP contribution is 2.33. The van der Waals surface area contributed by atoms with Crippen LogP contribution in [0.25, 0.3) is 11.4 Å². The lowest BCUT2D eigenvalue weighted by Crippen LogP contribution is -2.13. The first-order valence-corrected chi connectivity index (χ1v) is 5.21. The summed E-state index contributed by atoms with van der Waals surface area (Å²) in [6.45, 7) is 0. The van der Waals surface area contributed by atoms with Crippen LogP contribution in [0.2, 0.25) is 0 Å². The smallest absolute Gasteiger partial charge is 0.417 e. The number of benzene rings is 1. The molecular weight excluding hydrogens is 280 g/mol. The molecule has 0 saturated carbocycles. The van der Waals surface area contributed by atoms with Gasteiger partial charge in [-0.05, 0) is 12.1 Å². The number of aromatic carboxylic acids is 1. The van der Waals surface area contributed by atoms with Gasteiger partial charge >= 0.3 is 12.1 Å². The second-order valence-electron chi connectivity index (χ2n) is 3.79. The maximum absolute atomic E-state index is 12.7. The summed E-state index contributed by atoms with van der Waals surface area (Å²) < 4.78 is 50.6. The summed E-state index contributed by atoms with van der Waals surface area (Å²) in [6, 6.07) is 2.46. The van der Waals surface area contributed by atoms with Gasteiger partial charge in [0.25, 0.3) is 0 Å². The molecule has 104 valence electrons. The van der Waals surface area contributed by atoms with Crippen molar-refractivity contribution in [3.63, 3.8) is 0 Å². The van der Waals surface area contributed by atoms with Crippen LogP contribution in [-0.4, -0.2) is 21.0 Å². The fraction of sp³-hybridized carbons (Fsp3) is 0.0833. The molecule has 1 aromatic heterocycles. The first kappa shape index (κ1) is 13.9. The Hall–Kier alpha value is -2.51. The molecule has 0 saturated heterocycles. The largest absolute Gasteiger partial charge is 0.478 e. The zero-order valence-electron chi connectivity index (χ0n) is 9.65. The normalized spacial score (nSPS) is 11.4. The molecule has 0 bridgehead atoms. The number of hydrogen-bond donors (Lipinski definition) is 1. The minimum absolute atomic E-state index is 0.0513. The zero-order valence-corrected chi connectivity index (χ0v) is 9.65. The number of halogens is 4. The number of nitrogens with zero attached hydrogens (tertiary/aromatic N) is 2. The molecule has 0 amide bonds. The predicted molar refractivity (Wildman–Crippen MR) is 59.4 cm³/mol. The van der Waals surface area contributed by atoms with E-state index in [2.05, 4.69) is 9.97 Å². The van der Waals surface area contributed by atoms with E-state index in [1.54, 1.807) is 0 Å². The van der Waals surface area contributed by atoms with Crippen LogP contribution < -0.4 is 0 Å². The summed E-state index contributed by atoms with van der Waals surface area (Å²) in [7, 11) is 0. The van der Waals surface area contributed by atoms with Crippen LogP contribution in [0.5, 0.6) is 0 Å². The molecule has 0 unspecified atom stereocenters. The van der Waals surface area contributed by atoms with Gasteiger partial charge in [0.1, 0.15) is 0 Å². The summed E-state index contributed by atoms with van der Waals surface area (Å²) in [5.74, 6) is -2.50. The molecule has 2 aromatic rings. The number of alkyl halides is 3. The lowest BCUT2D eigenvalue weighted by Gasteiger charge is -2.11. The summed E-state index contributed by atoms with van der Waals surface area (Å²) >= 11 is 0. The standard InChI is InChI=1S/C12H6F4N2O2/c13-7-4-17-10(18-5-7)6-1-2-9(12(14,15)16)8(3-6)11(19)20/h1-5H,(H,19,20). The Balaban J connectivity index is 2.56. The molecule has 2 rings (SSSR count). The second-order valence-corrected chi connectivity index (χ2v) is 3.79. The van der Waals surface area contributed by atoms with Gasteiger partial charge in [-0.25, -0.2) is 19.2 Å². The molecule has 1 aromatic carbocycles. The maximum Gasteiger partial charge on any atom is 0.417 e. The fourth-order valence-electron chi connectivity index (χ4n) is 1.57. The molecule has 1 heterocycles. The Labute approximate surface area is 109 Å². The van der Waals surface area contributed by atoms with E-state index in [1.807, 2.05) is 0 Å². The van der Waals surface area contributed by atoms with Gasteiger partial charge in [0, 0.05) is 5.56 Å². The predicted octanol–water partition coefficient (Wildman–Crippen LogP) is 3.00. The molecular formula is C12H6F4N2O2. The van der Waals surface area contributed by atoms with E-state index in [9.17, 15) is 22.4 Å². The lowest BCUT2D eigenvalue weighted by atomic mass is 10.0. The van der Waals surface area contributed by atoms with E-state index in [-0.39, 0.29) is 11.4 Å². The van der Waals surface area contributed by atoms with Crippen molar-refractivity contribution in [2.45, 2.75) is 6.18 Å². The second kappa shape index (κ2) is 4.87. The minimum atomic E-state index is -4.78. The summed E-state index contributed by atoms with van der Waals surface area (Å²) in [6.07, 6.45) is -3.11. The third-order valence-electron chi connectivity index (χ3n) is 2.43. The van der Waals surface area contributed by atoms with E-state index in [0.29, 0.717) is 6.07 Å². The number of carboxylic acids is 1. The minimum Gasteiger partial charge on any atom is -0.478 e. The van der Waals surface area contributed by atoms with Gasteiger partial charge in [0.2, 0.25) is 0 Å². The Kier molecular flexibility index (Phi) is 3.39. The summed E-state index contributed by atoms with van der Waals surface area (Å²) in [5, 5.41) is 8.84. The lowest BCUT2D eigenvalue weighted by molar-refractivity contribution is -0.138. The van der Waals surface area contributed by atoms with E-state index in [0.717, 1.165) is 24.5 Å². The zero-order chi connectivity index (χ0) is 14.9. The van der Waals surface area contributed by atoms with Crippen molar-refractivity contribution in [2.24, 2.45) is 0 Å². The van der Waals surface area contributed by atoms with Crippen LogP contribution in [0.1, 0.15) is 15.9 Å². The van der Waals surface area contributed by atoms with Crippen LogP contribution in [-0.2, 0) is 6.18 Å². The van der Waals surface area contributed by atoms with Crippen LogP contribution >= 0.6 is 0 Å². The van der Waals surface area contributed by atoms with Crippen molar-refractivity contribution in [3.8, 4) is 11.4 Å². The van der Waals surface area contributed by atoms with Gasteiger partial charge in [0.05, 0.1) is 23.5 Å². The highest BCUT2D eigenvalue weighted by Gasteiger charge is 2.35. The van der Waals surface area contributed by atoms with E-state index >= 15 is 0 Å². The van der Waals surface area contributed by atoms with Gasteiger partial charge in [-0.1, -0.05) is 6.07 Å². The van der Waals surface area contributed by atoms with Crippen molar-refractivity contribution in [1.82, 2.24) is 9.97 Å². The molecule has 0 spiro atoms. The highest BCUT2D eigenvalue weighted by molar-refractivity contribution is 5.91. The van der Waals surface area contributed by atoms with E-state index in [4.69, 9.17) is 5.11 Å². The Morgan fingerprint density at radius 1 is 1.15 bits per heavy atom. The number of carbonyl (C=O) groups is 1. The average Bonchev–Trinajstić information content (AvgIpc) is 2.37. The summed E-state index contributed by atoms with van der Waals surface area (Å²) in [5.41, 5.74) is -2.13. The first-order valence-electron chi connectivity index (χ1n) is 5.21. The summed E-state index contributed by atoms with van der Waals surface area (Å²) in [4.78, 5) is 18.1. The Bertz CT molecular complexity index is 653. The van der Waals surface area contributed by atoms with E-state index in [1.165, 1.54) is 0 Å². The van der Waals surface area contributed by atoms with Crippen LogP contribution in [0.15, 0.2) is 30.6 Å². The number of hydrogen-bond acceptors (Lipinski definition) is 3. The van der Waals surface area contributed by atoms with Crippen molar-refractivity contribution in [2.75, 3.05) is 0 Å². The number of carboxylic acid groups (broad SMARTS) is 1. The molecule has 1 N–H and O–H groups in total. The van der Waals surface area contributed by atoms with Crippen LogP contribution in [0.4, 0.5) is 17.6 Å². The van der Waals surface area contributed by atoms with Crippen molar-refractivity contribution in [3.05, 3.63) is 47.5 Å². The average molecular weight is 286 g/mol.